The van der Waals surface area contributed by atoms with Gasteiger partial charge in [-0.3, -0.25) is 14.6 Å². The summed E-state index contributed by atoms with van der Waals surface area (Å²) in [6, 6.07) is 4.09. The normalized spacial score (nSPS) is 20.6. The summed E-state index contributed by atoms with van der Waals surface area (Å²) in [6.07, 6.45) is 10.1. The SMILES string of the molecule is Cc1c(C(=O)N2CCCCCC2c2ccncc2)[nH]c2c1C(=O)CCC2. The molecule has 1 aliphatic heterocycles. The van der Waals surface area contributed by atoms with E-state index in [9.17, 15) is 9.59 Å². The zero-order chi connectivity index (χ0) is 18.1. The lowest BCUT2D eigenvalue weighted by atomic mass is 9.93. The lowest BCUT2D eigenvalue weighted by Gasteiger charge is -2.30. The molecule has 2 aromatic rings. The highest BCUT2D eigenvalue weighted by atomic mass is 16.2. The first-order chi connectivity index (χ1) is 12.7. The lowest BCUT2D eigenvalue weighted by Crippen LogP contribution is -2.35. The Morgan fingerprint density at radius 2 is 1.96 bits per heavy atom. The summed E-state index contributed by atoms with van der Waals surface area (Å²) < 4.78 is 0. The van der Waals surface area contributed by atoms with Crippen molar-refractivity contribution in [2.75, 3.05) is 6.54 Å². The molecule has 5 nitrogen and oxygen atoms in total. The van der Waals surface area contributed by atoms with Crippen molar-refractivity contribution in [3.8, 4) is 0 Å². The molecule has 1 unspecified atom stereocenters. The number of Topliss-reactive ketones (excluding diaryl/α,β-unsaturated/α-hetero) is 1. The molecule has 0 saturated carbocycles. The average molecular weight is 351 g/mol. The molecule has 0 radical (unpaired) electrons. The molecular weight excluding hydrogens is 326 g/mol. The molecule has 1 amide bonds. The molecule has 136 valence electrons. The Bertz CT molecular complexity index is 825. The molecule has 0 bridgehead atoms. The van der Waals surface area contributed by atoms with Crippen LogP contribution in [0.1, 0.15) is 82.2 Å². The molecule has 1 fully saturated rings. The Labute approximate surface area is 153 Å². The van der Waals surface area contributed by atoms with Gasteiger partial charge >= 0.3 is 0 Å². The highest BCUT2D eigenvalue weighted by Gasteiger charge is 2.32. The molecule has 0 aromatic carbocycles. The Hall–Kier alpha value is -2.43. The third-order valence-electron chi connectivity index (χ3n) is 5.76. The largest absolute Gasteiger partial charge is 0.354 e. The number of hydrogen-bond donors (Lipinski definition) is 1. The summed E-state index contributed by atoms with van der Waals surface area (Å²) >= 11 is 0. The first-order valence-electron chi connectivity index (χ1n) is 9.62. The third kappa shape index (κ3) is 2.96. The Morgan fingerprint density at radius 3 is 2.73 bits per heavy atom. The smallest absolute Gasteiger partial charge is 0.271 e. The number of likely N-dealkylation sites (tertiary alicyclic amines) is 1. The minimum Gasteiger partial charge on any atom is -0.354 e. The van der Waals surface area contributed by atoms with Crippen LogP contribution in [0.2, 0.25) is 0 Å². The van der Waals surface area contributed by atoms with Crippen molar-refractivity contribution in [1.29, 1.82) is 0 Å². The fourth-order valence-corrected chi connectivity index (χ4v) is 4.42. The summed E-state index contributed by atoms with van der Waals surface area (Å²) in [4.78, 5) is 35.2. The van der Waals surface area contributed by atoms with Crippen LogP contribution in [0.5, 0.6) is 0 Å². The second-order valence-corrected chi connectivity index (χ2v) is 7.40. The van der Waals surface area contributed by atoms with Crippen LogP contribution >= 0.6 is 0 Å². The van der Waals surface area contributed by atoms with Crippen LogP contribution in [-0.4, -0.2) is 33.1 Å². The van der Waals surface area contributed by atoms with Gasteiger partial charge in [0.25, 0.3) is 5.91 Å². The van der Waals surface area contributed by atoms with Crippen LogP contribution in [0.15, 0.2) is 24.5 Å². The third-order valence-corrected chi connectivity index (χ3v) is 5.76. The number of ketones is 1. The van der Waals surface area contributed by atoms with E-state index in [-0.39, 0.29) is 17.7 Å². The van der Waals surface area contributed by atoms with E-state index in [2.05, 4.69) is 9.97 Å². The van der Waals surface area contributed by atoms with E-state index >= 15 is 0 Å². The topological polar surface area (TPSA) is 66.1 Å². The number of H-pyrrole nitrogens is 1. The van der Waals surface area contributed by atoms with Crippen LogP contribution in [0, 0.1) is 6.92 Å². The number of aromatic nitrogens is 2. The van der Waals surface area contributed by atoms with Crippen LogP contribution in [0.25, 0.3) is 0 Å². The highest BCUT2D eigenvalue weighted by molar-refractivity contribution is 6.04. The summed E-state index contributed by atoms with van der Waals surface area (Å²) in [5, 5.41) is 0. The van der Waals surface area contributed by atoms with E-state index in [0.717, 1.165) is 67.5 Å². The highest BCUT2D eigenvalue weighted by Crippen LogP contribution is 2.33. The molecule has 1 aliphatic carbocycles. The van der Waals surface area contributed by atoms with Crippen molar-refractivity contribution in [2.45, 2.75) is 57.9 Å². The van der Waals surface area contributed by atoms with Gasteiger partial charge in [-0.1, -0.05) is 12.8 Å². The Kier molecular flexibility index (Phi) is 4.62. The van der Waals surface area contributed by atoms with E-state index < -0.39 is 0 Å². The summed E-state index contributed by atoms with van der Waals surface area (Å²) in [5.74, 6) is 0.189. The predicted octanol–water partition coefficient (Wildman–Crippen LogP) is 3.99. The van der Waals surface area contributed by atoms with Crippen LogP contribution in [0.4, 0.5) is 0 Å². The number of amides is 1. The molecular formula is C21H25N3O2. The van der Waals surface area contributed by atoms with Crippen molar-refractivity contribution in [1.82, 2.24) is 14.9 Å². The van der Waals surface area contributed by atoms with Gasteiger partial charge in [-0.15, -0.1) is 0 Å². The first kappa shape index (κ1) is 17.0. The zero-order valence-electron chi connectivity index (χ0n) is 15.3. The fourth-order valence-electron chi connectivity index (χ4n) is 4.42. The van der Waals surface area contributed by atoms with E-state index in [1.165, 1.54) is 0 Å². The maximum Gasteiger partial charge on any atom is 0.271 e. The number of hydrogen-bond acceptors (Lipinski definition) is 3. The van der Waals surface area contributed by atoms with Gasteiger partial charge in [-0.25, -0.2) is 0 Å². The number of carbonyl (C=O) groups excluding carboxylic acids is 2. The van der Waals surface area contributed by atoms with Gasteiger partial charge in [0.1, 0.15) is 5.69 Å². The molecule has 2 aromatic heterocycles. The van der Waals surface area contributed by atoms with Gasteiger partial charge in [-0.2, -0.15) is 0 Å². The van der Waals surface area contributed by atoms with Crippen LogP contribution < -0.4 is 0 Å². The van der Waals surface area contributed by atoms with Crippen LogP contribution in [-0.2, 0) is 6.42 Å². The van der Waals surface area contributed by atoms with Crippen molar-refractivity contribution in [2.24, 2.45) is 0 Å². The first-order valence-corrected chi connectivity index (χ1v) is 9.62. The molecule has 1 atom stereocenters. The minimum atomic E-state index is 0.0217. The van der Waals surface area contributed by atoms with Gasteiger partial charge in [0.05, 0.1) is 6.04 Å². The summed E-state index contributed by atoms with van der Waals surface area (Å²) in [5.41, 5.74) is 4.27. The van der Waals surface area contributed by atoms with Crippen molar-refractivity contribution >= 4 is 11.7 Å². The van der Waals surface area contributed by atoms with Crippen molar-refractivity contribution in [3.05, 3.63) is 52.6 Å². The molecule has 5 heteroatoms. The standard InChI is InChI=1S/C21H25N3O2/c1-14-19-16(6-5-8-18(19)25)23-20(14)21(26)24-13-4-2-3-7-17(24)15-9-11-22-12-10-15/h9-12,17,23H,2-8,13H2,1H3. The van der Waals surface area contributed by atoms with Crippen molar-refractivity contribution in [3.63, 3.8) is 0 Å². The van der Waals surface area contributed by atoms with E-state index in [0.29, 0.717) is 12.1 Å². The van der Waals surface area contributed by atoms with E-state index in [4.69, 9.17) is 0 Å². The van der Waals surface area contributed by atoms with Gasteiger partial charge in [-0.05, 0) is 55.9 Å². The van der Waals surface area contributed by atoms with Gasteiger partial charge in [0, 0.05) is 36.6 Å². The molecule has 1 saturated heterocycles. The second kappa shape index (κ2) is 7.06. The molecule has 26 heavy (non-hydrogen) atoms. The van der Waals surface area contributed by atoms with E-state index in [1.807, 2.05) is 24.0 Å². The molecule has 2 aliphatic rings. The van der Waals surface area contributed by atoms with Gasteiger partial charge in [0.15, 0.2) is 5.78 Å². The Morgan fingerprint density at radius 1 is 1.15 bits per heavy atom. The summed E-state index contributed by atoms with van der Waals surface area (Å²) in [7, 11) is 0. The predicted molar refractivity (Wildman–Crippen MR) is 99.3 cm³/mol. The van der Waals surface area contributed by atoms with Gasteiger partial charge < -0.3 is 9.88 Å². The number of fused-ring (bicyclic) bond motifs is 1. The molecule has 4 rings (SSSR count). The van der Waals surface area contributed by atoms with Crippen molar-refractivity contribution < 1.29 is 9.59 Å². The molecule has 0 spiro atoms. The Balaban J connectivity index is 1.70. The van der Waals surface area contributed by atoms with E-state index in [1.54, 1.807) is 12.4 Å². The maximum absolute atomic E-state index is 13.4. The minimum absolute atomic E-state index is 0.0217. The number of aromatic amines is 1. The zero-order valence-corrected chi connectivity index (χ0v) is 15.3. The maximum atomic E-state index is 13.4. The summed E-state index contributed by atoms with van der Waals surface area (Å²) in [6.45, 7) is 2.66. The van der Waals surface area contributed by atoms with Gasteiger partial charge in [0.2, 0.25) is 0 Å². The molecule has 1 N–H and O–H groups in total. The number of aryl methyl sites for hydroxylation is 1. The lowest BCUT2D eigenvalue weighted by molar-refractivity contribution is 0.0674. The number of carbonyl (C=O) groups is 2. The number of nitrogens with zero attached hydrogens (tertiary/aromatic N) is 2. The fraction of sp³-hybridized carbons (Fsp3) is 0.476. The second-order valence-electron chi connectivity index (χ2n) is 7.40. The number of pyridine rings is 1. The van der Waals surface area contributed by atoms with Crippen LogP contribution in [0.3, 0.4) is 0 Å². The quantitative estimate of drug-likeness (QED) is 0.889. The number of nitrogens with one attached hydrogen (secondary N) is 1. The average Bonchev–Trinajstić information content (AvgIpc) is 2.84. The molecule has 3 heterocycles. The number of rotatable bonds is 2. The monoisotopic (exact) mass is 351 g/mol.